The highest BCUT2D eigenvalue weighted by Gasteiger charge is 2.14. The van der Waals surface area contributed by atoms with Crippen molar-refractivity contribution < 1.29 is 13.9 Å². The summed E-state index contributed by atoms with van der Waals surface area (Å²) < 4.78 is 10.5. The fraction of sp³-hybridized carbons (Fsp3) is 0.0476. The molecule has 26 heavy (non-hydrogen) atoms. The van der Waals surface area contributed by atoms with E-state index in [1.54, 1.807) is 36.4 Å². The van der Waals surface area contributed by atoms with E-state index in [1.165, 1.54) is 7.11 Å². The number of ether oxygens (including phenoxy) is 1. The van der Waals surface area contributed by atoms with Crippen LogP contribution in [0.2, 0.25) is 5.02 Å². The first-order chi connectivity index (χ1) is 12.6. The van der Waals surface area contributed by atoms with Gasteiger partial charge in [0.1, 0.15) is 11.5 Å². The summed E-state index contributed by atoms with van der Waals surface area (Å²) in [6.07, 6.45) is 1.68. The second-order valence-electron chi connectivity index (χ2n) is 5.42. The summed E-state index contributed by atoms with van der Waals surface area (Å²) >= 11 is 6.04. The summed E-state index contributed by atoms with van der Waals surface area (Å²) in [5.41, 5.74) is 2.26. The molecule has 0 aliphatic carbocycles. The molecule has 0 N–H and O–H groups in total. The molecule has 0 spiro atoms. The molecule has 3 rings (SSSR count). The third-order valence-electron chi connectivity index (χ3n) is 3.77. The Morgan fingerprint density at radius 2 is 1.92 bits per heavy atom. The van der Waals surface area contributed by atoms with Crippen molar-refractivity contribution in [2.45, 2.75) is 0 Å². The largest absolute Gasteiger partial charge is 0.465 e. The van der Waals surface area contributed by atoms with Gasteiger partial charge in [0, 0.05) is 5.56 Å². The van der Waals surface area contributed by atoms with Crippen molar-refractivity contribution in [1.29, 1.82) is 5.26 Å². The molecule has 0 bridgehead atoms. The molecule has 0 saturated carbocycles. The van der Waals surface area contributed by atoms with Crippen molar-refractivity contribution in [2.24, 2.45) is 0 Å². The van der Waals surface area contributed by atoms with Crippen LogP contribution in [0, 0.1) is 11.3 Å². The summed E-state index contributed by atoms with van der Waals surface area (Å²) in [5.74, 6) is 0.581. The van der Waals surface area contributed by atoms with Crippen LogP contribution in [0.25, 0.3) is 23.0 Å². The summed E-state index contributed by atoms with van der Waals surface area (Å²) in [6, 6.07) is 20.1. The number of carbonyl (C=O) groups is 1. The van der Waals surface area contributed by atoms with Crippen molar-refractivity contribution in [1.82, 2.24) is 0 Å². The van der Waals surface area contributed by atoms with E-state index >= 15 is 0 Å². The summed E-state index contributed by atoms with van der Waals surface area (Å²) in [4.78, 5) is 11.8. The zero-order valence-electron chi connectivity index (χ0n) is 13.9. The van der Waals surface area contributed by atoms with Gasteiger partial charge in [-0.1, -0.05) is 41.9 Å². The monoisotopic (exact) mass is 363 g/mol. The van der Waals surface area contributed by atoms with Gasteiger partial charge in [-0.05, 0) is 42.0 Å². The molecule has 0 aliphatic heterocycles. The third-order valence-corrected chi connectivity index (χ3v) is 4.10. The topological polar surface area (TPSA) is 63.2 Å². The normalized spacial score (nSPS) is 11.0. The number of allylic oxidation sites excluding steroid dienone is 1. The Morgan fingerprint density at radius 1 is 1.15 bits per heavy atom. The zero-order valence-corrected chi connectivity index (χ0v) is 14.7. The molecule has 0 radical (unpaired) electrons. The Balaban J connectivity index is 1.95. The highest BCUT2D eigenvalue weighted by atomic mass is 35.5. The van der Waals surface area contributed by atoms with Gasteiger partial charge in [0.15, 0.2) is 0 Å². The number of benzene rings is 2. The van der Waals surface area contributed by atoms with Gasteiger partial charge in [-0.2, -0.15) is 5.26 Å². The second kappa shape index (κ2) is 7.73. The molecule has 0 unspecified atom stereocenters. The fourth-order valence-electron chi connectivity index (χ4n) is 2.47. The highest BCUT2D eigenvalue weighted by molar-refractivity contribution is 6.33. The summed E-state index contributed by atoms with van der Waals surface area (Å²) in [7, 11) is 1.30. The van der Waals surface area contributed by atoms with Crippen LogP contribution in [0.15, 0.2) is 65.1 Å². The predicted octanol–water partition coefficient (Wildman–Crippen LogP) is 5.45. The molecule has 0 saturated heterocycles. The van der Waals surface area contributed by atoms with Crippen LogP contribution >= 0.6 is 11.6 Å². The number of nitrogens with zero attached hydrogens (tertiary/aromatic N) is 1. The van der Waals surface area contributed by atoms with E-state index < -0.39 is 5.97 Å². The minimum Gasteiger partial charge on any atom is -0.465 e. The van der Waals surface area contributed by atoms with Gasteiger partial charge in [0.2, 0.25) is 0 Å². The molecule has 128 valence electrons. The SMILES string of the molecule is COC(=O)c1cc(-c2ccc(/C=C(/C#N)c3ccccc3)o2)ccc1Cl. The Hall–Kier alpha value is -3.29. The van der Waals surface area contributed by atoms with Crippen LogP contribution in [0.1, 0.15) is 21.7 Å². The molecule has 0 fully saturated rings. The predicted molar refractivity (Wildman–Crippen MR) is 100 cm³/mol. The fourth-order valence-corrected chi connectivity index (χ4v) is 2.67. The standard InChI is InChI=1S/C21H14ClNO3/c1-25-21(24)18-12-15(7-9-19(18)22)20-10-8-17(26-20)11-16(13-23)14-5-3-2-4-6-14/h2-12H,1H3/b16-11-. The minimum absolute atomic E-state index is 0.266. The maximum Gasteiger partial charge on any atom is 0.339 e. The molecule has 1 aromatic heterocycles. The van der Waals surface area contributed by atoms with Crippen LogP contribution in [-0.2, 0) is 4.74 Å². The molecule has 5 heteroatoms. The third kappa shape index (κ3) is 3.69. The molecule has 1 heterocycles. The van der Waals surface area contributed by atoms with E-state index in [1.807, 2.05) is 30.3 Å². The number of furan rings is 1. The van der Waals surface area contributed by atoms with Crippen LogP contribution in [-0.4, -0.2) is 13.1 Å². The number of halogens is 1. The first kappa shape index (κ1) is 17.5. The van der Waals surface area contributed by atoms with Gasteiger partial charge in [-0.25, -0.2) is 4.79 Å². The van der Waals surface area contributed by atoms with Crippen molar-refractivity contribution in [2.75, 3.05) is 7.11 Å². The van der Waals surface area contributed by atoms with Crippen LogP contribution in [0.3, 0.4) is 0 Å². The lowest BCUT2D eigenvalue weighted by atomic mass is 10.1. The quantitative estimate of drug-likeness (QED) is 0.456. The van der Waals surface area contributed by atoms with Crippen LogP contribution in [0.5, 0.6) is 0 Å². The zero-order chi connectivity index (χ0) is 18.5. The van der Waals surface area contributed by atoms with E-state index in [9.17, 15) is 10.1 Å². The van der Waals surface area contributed by atoms with Gasteiger partial charge in [0.25, 0.3) is 0 Å². The lowest BCUT2D eigenvalue weighted by Crippen LogP contribution is -2.02. The smallest absolute Gasteiger partial charge is 0.339 e. The van der Waals surface area contributed by atoms with E-state index in [2.05, 4.69) is 6.07 Å². The van der Waals surface area contributed by atoms with E-state index in [-0.39, 0.29) is 5.56 Å². The number of hydrogen-bond donors (Lipinski definition) is 0. The van der Waals surface area contributed by atoms with Gasteiger partial charge < -0.3 is 9.15 Å². The molecular formula is C21H14ClNO3. The Kier molecular flexibility index (Phi) is 5.21. The number of hydrogen-bond acceptors (Lipinski definition) is 4. The van der Waals surface area contributed by atoms with Gasteiger partial charge >= 0.3 is 5.97 Å². The minimum atomic E-state index is -0.514. The first-order valence-corrected chi connectivity index (χ1v) is 8.15. The van der Waals surface area contributed by atoms with Crippen molar-refractivity contribution in [3.05, 3.63) is 82.6 Å². The number of rotatable bonds is 4. The molecule has 3 aromatic rings. The lowest BCUT2D eigenvalue weighted by molar-refractivity contribution is 0.0601. The first-order valence-electron chi connectivity index (χ1n) is 7.77. The van der Waals surface area contributed by atoms with Crippen LogP contribution < -0.4 is 0 Å². The molecule has 0 amide bonds. The maximum atomic E-state index is 11.8. The molecule has 2 aromatic carbocycles. The van der Waals surface area contributed by atoms with E-state index in [0.29, 0.717) is 27.7 Å². The molecular weight excluding hydrogens is 350 g/mol. The van der Waals surface area contributed by atoms with E-state index in [0.717, 1.165) is 5.56 Å². The number of esters is 1. The Morgan fingerprint density at radius 3 is 2.62 bits per heavy atom. The lowest BCUT2D eigenvalue weighted by Gasteiger charge is -2.04. The van der Waals surface area contributed by atoms with Gasteiger partial charge in [-0.15, -0.1) is 0 Å². The summed E-state index contributed by atoms with van der Waals surface area (Å²) in [5, 5.41) is 9.70. The van der Waals surface area contributed by atoms with E-state index in [4.69, 9.17) is 20.8 Å². The van der Waals surface area contributed by atoms with Crippen molar-refractivity contribution in [3.8, 4) is 17.4 Å². The van der Waals surface area contributed by atoms with Gasteiger partial charge in [0.05, 0.1) is 29.3 Å². The average Bonchev–Trinajstić information content (AvgIpc) is 3.15. The Labute approximate surface area is 155 Å². The number of nitriles is 1. The average molecular weight is 364 g/mol. The molecule has 0 aliphatic rings. The second-order valence-corrected chi connectivity index (χ2v) is 5.83. The highest BCUT2D eigenvalue weighted by Crippen LogP contribution is 2.28. The summed E-state index contributed by atoms with van der Waals surface area (Å²) in [6.45, 7) is 0. The van der Waals surface area contributed by atoms with Crippen LogP contribution in [0.4, 0.5) is 0 Å². The number of methoxy groups -OCH3 is 1. The maximum absolute atomic E-state index is 11.8. The molecule has 4 nitrogen and oxygen atoms in total. The Bertz CT molecular complexity index is 1010. The van der Waals surface area contributed by atoms with Gasteiger partial charge in [-0.3, -0.25) is 0 Å². The van der Waals surface area contributed by atoms with Crippen molar-refractivity contribution in [3.63, 3.8) is 0 Å². The number of carbonyl (C=O) groups excluding carboxylic acids is 1. The van der Waals surface area contributed by atoms with Crippen molar-refractivity contribution >= 4 is 29.2 Å². The molecule has 0 atom stereocenters.